The SMILES string of the molecule is CNC1CC2(CCCN(C)C2)Oc2ccc(Br)cc21. The van der Waals surface area contributed by atoms with Crippen molar-refractivity contribution in [2.45, 2.75) is 30.9 Å². The minimum absolute atomic E-state index is 0.0124. The van der Waals surface area contributed by atoms with Gasteiger partial charge in [-0.1, -0.05) is 15.9 Å². The average molecular weight is 325 g/mol. The van der Waals surface area contributed by atoms with E-state index in [0.29, 0.717) is 6.04 Å². The van der Waals surface area contributed by atoms with E-state index in [0.717, 1.165) is 29.6 Å². The van der Waals surface area contributed by atoms with Gasteiger partial charge in [0.25, 0.3) is 0 Å². The number of ether oxygens (including phenoxy) is 1. The van der Waals surface area contributed by atoms with Crippen molar-refractivity contribution in [3.05, 3.63) is 28.2 Å². The average Bonchev–Trinajstić information content (AvgIpc) is 2.38. The predicted octanol–water partition coefficient (Wildman–Crippen LogP) is 2.96. The summed E-state index contributed by atoms with van der Waals surface area (Å²) in [6, 6.07) is 6.72. The molecule has 0 bridgehead atoms. The zero-order valence-corrected chi connectivity index (χ0v) is 13.2. The summed E-state index contributed by atoms with van der Waals surface area (Å²) in [6.07, 6.45) is 3.43. The van der Waals surface area contributed by atoms with Crippen LogP contribution >= 0.6 is 15.9 Å². The lowest BCUT2D eigenvalue weighted by atomic mass is 9.82. The molecular formula is C15H21BrN2O. The number of benzene rings is 1. The molecule has 4 heteroatoms. The fourth-order valence-corrected chi connectivity index (χ4v) is 3.85. The van der Waals surface area contributed by atoms with E-state index in [1.807, 2.05) is 7.05 Å². The molecule has 19 heavy (non-hydrogen) atoms. The highest BCUT2D eigenvalue weighted by atomic mass is 79.9. The van der Waals surface area contributed by atoms with Gasteiger partial charge >= 0.3 is 0 Å². The monoisotopic (exact) mass is 324 g/mol. The van der Waals surface area contributed by atoms with Crippen molar-refractivity contribution in [2.75, 3.05) is 27.2 Å². The Morgan fingerprint density at radius 2 is 2.32 bits per heavy atom. The zero-order chi connectivity index (χ0) is 13.5. The first kappa shape index (κ1) is 13.4. The fourth-order valence-electron chi connectivity index (χ4n) is 3.47. The van der Waals surface area contributed by atoms with Gasteiger partial charge in [-0.15, -0.1) is 0 Å². The van der Waals surface area contributed by atoms with Crippen molar-refractivity contribution in [1.82, 2.24) is 10.2 Å². The third-order valence-corrected chi connectivity index (χ3v) is 4.82. The number of nitrogens with one attached hydrogen (secondary N) is 1. The van der Waals surface area contributed by atoms with E-state index in [2.05, 4.69) is 51.4 Å². The van der Waals surface area contributed by atoms with Crippen LogP contribution in [-0.2, 0) is 0 Å². The molecule has 0 radical (unpaired) electrons. The van der Waals surface area contributed by atoms with Crippen LogP contribution in [-0.4, -0.2) is 37.7 Å². The van der Waals surface area contributed by atoms with Crippen LogP contribution in [0.5, 0.6) is 5.75 Å². The molecule has 0 aliphatic carbocycles. The number of rotatable bonds is 1. The van der Waals surface area contributed by atoms with E-state index in [9.17, 15) is 0 Å². The molecule has 1 spiro atoms. The van der Waals surface area contributed by atoms with Gasteiger partial charge in [-0.2, -0.15) is 0 Å². The first-order valence-corrected chi connectivity index (χ1v) is 7.75. The molecule has 104 valence electrons. The lowest BCUT2D eigenvalue weighted by Gasteiger charge is -2.47. The Labute approximate surface area is 123 Å². The number of likely N-dealkylation sites (tertiary alicyclic amines) is 1. The molecule has 2 aliphatic rings. The van der Waals surface area contributed by atoms with Gasteiger partial charge in [0.2, 0.25) is 0 Å². The molecule has 2 aliphatic heterocycles. The Kier molecular flexibility index (Phi) is 3.58. The molecule has 0 saturated carbocycles. The van der Waals surface area contributed by atoms with E-state index < -0.39 is 0 Å². The van der Waals surface area contributed by atoms with Crippen molar-refractivity contribution in [2.24, 2.45) is 0 Å². The Balaban J connectivity index is 1.95. The third kappa shape index (κ3) is 2.54. The number of fused-ring (bicyclic) bond motifs is 1. The summed E-state index contributed by atoms with van der Waals surface area (Å²) in [7, 11) is 4.23. The number of hydrogen-bond donors (Lipinski definition) is 1. The molecule has 1 aromatic carbocycles. The summed E-state index contributed by atoms with van der Waals surface area (Å²) in [6.45, 7) is 2.21. The van der Waals surface area contributed by atoms with Crippen LogP contribution in [0, 0.1) is 0 Å². The van der Waals surface area contributed by atoms with Crippen molar-refractivity contribution in [1.29, 1.82) is 0 Å². The first-order valence-electron chi connectivity index (χ1n) is 6.96. The van der Waals surface area contributed by atoms with Gasteiger partial charge in [-0.05, 0) is 51.7 Å². The summed E-state index contributed by atoms with van der Waals surface area (Å²) >= 11 is 3.55. The second-order valence-electron chi connectivity index (χ2n) is 5.85. The highest BCUT2D eigenvalue weighted by molar-refractivity contribution is 9.10. The summed E-state index contributed by atoms with van der Waals surface area (Å²) < 4.78 is 7.53. The van der Waals surface area contributed by atoms with Crippen molar-refractivity contribution in [3.63, 3.8) is 0 Å². The Morgan fingerprint density at radius 3 is 3.05 bits per heavy atom. The van der Waals surface area contributed by atoms with Gasteiger partial charge in [0.1, 0.15) is 11.4 Å². The molecule has 1 saturated heterocycles. The number of likely N-dealkylation sites (N-methyl/N-ethyl adjacent to an activating group) is 1. The standard InChI is InChI=1S/C15H21BrN2O/c1-17-13-9-15(6-3-7-18(2)10-15)19-14-5-4-11(16)8-12(13)14/h4-5,8,13,17H,3,6-7,9-10H2,1-2H3. The van der Waals surface area contributed by atoms with Crippen molar-refractivity contribution >= 4 is 15.9 Å². The first-order chi connectivity index (χ1) is 9.12. The van der Waals surface area contributed by atoms with E-state index in [-0.39, 0.29) is 5.60 Å². The molecule has 3 rings (SSSR count). The van der Waals surface area contributed by atoms with Gasteiger partial charge in [0, 0.05) is 29.0 Å². The Morgan fingerprint density at radius 1 is 1.47 bits per heavy atom. The lowest BCUT2D eigenvalue weighted by Crippen LogP contribution is -2.54. The summed E-state index contributed by atoms with van der Waals surface area (Å²) in [5.41, 5.74) is 1.26. The van der Waals surface area contributed by atoms with Gasteiger partial charge in [-0.25, -0.2) is 0 Å². The van der Waals surface area contributed by atoms with Gasteiger partial charge in [-0.3, -0.25) is 0 Å². The number of piperidine rings is 1. The molecule has 2 unspecified atom stereocenters. The zero-order valence-electron chi connectivity index (χ0n) is 11.6. The van der Waals surface area contributed by atoms with Gasteiger partial charge < -0.3 is 15.0 Å². The largest absolute Gasteiger partial charge is 0.486 e. The van der Waals surface area contributed by atoms with Crippen LogP contribution in [0.3, 0.4) is 0 Å². The van der Waals surface area contributed by atoms with E-state index in [4.69, 9.17) is 4.74 Å². The Hall–Kier alpha value is -0.580. The number of nitrogens with zero attached hydrogens (tertiary/aromatic N) is 1. The maximum atomic E-state index is 6.42. The van der Waals surface area contributed by atoms with Crippen molar-refractivity contribution in [3.8, 4) is 5.75 Å². The van der Waals surface area contributed by atoms with Crippen LogP contribution in [0.15, 0.2) is 22.7 Å². The maximum absolute atomic E-state index is 6.42. The number of hydrogen-bond acceptors (Lipinski definition) is 3. The van der Waals surface area contributed by atoms with Crippen LogP contribution in [0.2, 0.25) is 0 Å². The molecule has 0 amide bonds. The van der Waals surface area contributed by atoms with Crippen molar-refractivity contribution < 1.29 is 4.74 Å². The van der Waals surface area contributed by atoms with E-state index >= 15 is 0 Å². The van der Waals surface area contributed by atoms with Gasteiger partial charge in [0.05, 0.1) is 0 Å². The maximum Gasteiger partial charge on any atom is 0.125 e. The normalized spacial score (nSPS) is 31.0. The third-order valence-electron chi connectivity index (χ3n) is 4.33. The molecule has 1 N–H and O–H groups in total. The molecular weight excluding hydrogens is 304 g/mol. The highest BCUT2D eigenvalue weighted by Crippen LogP contribution is 2.43. The van der Waals surface area contributed by atoms with Crippen LogP contribution in [0.1, 0.15) is 30.9 Å². The van der Waals surface area contributed by atoms with Crippen LogP contribution < -0.4 is 10.1 Å². The lowest BCUT2D eigenvalue weighted by molar-refractivity contribution is -0.0263. The smallest absolute Gasteiger partial charge is 0.125 e. The summed E-state index contributed by atoms with van der Waals surface area (Å²) in [5.74, 6) is 1.05. The minimum atomic E-state index is -0.0124. The van der Waals surface area contributed by atoms with Crippen LogP contribution in [0.4, 0.5) is 0 Å². The fraction of sp³-hybridized carbons (Fsp3) is 0.600. The molecule has 2 heterocycles. The Bertz CT molecular complexity index is 479. The summed E-state index contributed by atoms with van der Waals surface area (Å²) in [4.78, 5) is 2.39. The molecule has 0 aromatic heterocycles. The predicted molar refractivity (Wildman–Crippen MR) is 80.6 cm³/mol. The van der Waals surface area contributed by atoms with Crippen LogP contribution in [0.25, 0.3) is 0 Å². The molecule has 1 aromatic rings. The molecule has 3 nitrogen and oxygen atoms in total. The molecule has 2 atom stereocenters. The highest BCUT2D eigenvalue weighted by Gasteiger charge is 2.42. The molecule has 1 fully saturated rings. The second kappa shape index (κ2) is 5.08. The minimum Gasteiger partial charge on any atom is -0.486 e. The van der Waals surface area contributed by atoms with Gasteiger partial charge in [0.15, 0.2) is 0 Å². The quantitative estimate of drug-likeness (QED) is 0.859. The number of halogens is 1. The second-order valence-corrected chi connectivity index (χ2v) is 6.77. The topological polar surface area (TPSA) is 24.5 Å². The summed E-state index contributed by atoms with van der Waals surface area (Å²) in [5, 5.41) is 3.45. The van der Waals surface area contributed by atoms with E-state index in [1.165, 1.54) is 18.5 Å². The van der Waals surface area contributed by atoms with E-state index in [1.54, 1.807) is 0 Å².